The number of methoxy groups -OCH3 is 2. The largest absolute Gasteiger partial charge is 0.496 e. The molecule has 2 heterocycles. The van der Waals surface area contributed by atoms with Crippen molar-refractivity contribution in [2.75, 3.05) is 32.2 Å². The number of carbonyl (C=O) groups excluding carboxylic acids is 2. The van der Waals surface area contributed by atoms with Crippen molar-refractivity contribution in [3.63, 3.8) is 0 Å². The Morgan fingerprint density at radius 2 is 2.00 bits per heavy atom. The van der Waals surface area contributed by atoms with Crippen LogP contribution in [0.4, 0.5) is 5.82 Å². The number of hydrogen-bond acceptors (Lipinski definition) is 6. The molecule has 0 spiro atoms. The van der Waals surface area contributed by atoms with Crippen LogP contribution in [0.3, 0.4) is 0 Å². The van der Waals surface area contributed by atoms with E-state index in [0.717, 1.165) is 19.4 Å². The van der Waals surface area contributed by atoms with Gasteiger partial charge in [-0.25, -0.2) is 9.78 Å². The van der Waals surface area contributed by atoms with Crippen LogP contribution in [-0.2, 0) is 4.74 Å². The van der Waals surface area contributed by atoms with Gasteiger partial charge in [-0.3, -0.25) is 4.79 Å². The van der Waals surface area contributed by atoms with Crippen LogP contribution in [0.5, 0.6) is 5.75 Å². The van der Waals surface area contributed by atoms with Gasteiger partial charge < -0.3 is 14.4 Å². The molecule has 1 saturated heterocycles. The zero-order valence-electron chi connectivity index (χ0n) is 15.0. The van der Waals surface area contributed by atoms with E-state index in [1.165, 1.54) is 7.11 Å². The van der Waals surface area contributed by atoms with Crippen LogP contribution in [-0.4, -0.2) is 44.0 Å². The smallest absolute Gasteiger partial charge is 0.338 e. The zero-order valence-corrected chi connectivity index (χ0v) is 15.0. The molecule has 1 aromatic heterocycles. The number of pyridine rings is 1. The molecule has 0 N–H and O–H groups in total. The minimum Gasteiger partial charge on any atom is -0.496 e. The number of ketones is 1. The van der Waals surface area contributed by atoms with Crippen LogP contribution >= 0.6 is 0 Å². The van der Waals surface area contributed by atoms with Crippen molar-refractivity contribution < 1.29 is 19.1 Å². The van der Waals surface area contributed by atoms with Gasteiger partial charge in [0.05, 0.1) is 25.3 Å². The SMILES string of the molecule is COC(=O)c1ccnc(N2CCCC(C(=O)c3ccccc3OC)C2)c1. The summed E-state index contributed by atoms with van der Waals surface area (Å²) >= 11 is 0. The highest BCUT2D eigenvalue weighted by atomic mass is 16.5. The predicted molar refractivity (Wildman–Crippen MR) is 97.8 cm³/mol. The molecule has 3 rings (SSSR count). The third-order valence-corrected chi connectivity index (χ3v) is 4.66. The van der Waals surface area contributed by atoms with Crippen LogP contribution in [0.15, 0.2) is 42.6 Å². The highest BCUT2D eigenvalue weighted by molar-refractivity contribution is 6.00. The lowest BCUT2D eigenvalue weighted by Gasteiger charge is -2.33. The highest BCUT2D eigenvalue weighted by Crippen LogP contribution is 2.28. The van der Waals surface area contributed by atoms with Gasteiger partial charge in [0.1, 0.15) is 11.6 Å². The number of anilines is 1. The zero-order chi connectivity index (χ0) is 18.5. The number of Topliss-reactive ketones (excluding diaryl/α,β-unsaturated/α-hetero) is 1. The number of nitrogens with zero attached hydrogens (tertiary/aromatic N) is 2. The maximum Gasteiger partial charge on any atom is 0.338 e. The standard InChI is InChI=1S/C20H22N2O4/c1-25-17-8-4-3-7-16(17)19(23)15-6-5-11-22(13-15)18-12-14(9-10-21-18)20(24)26-2/h3-4,7-10,12,15H,5-6,11,13H2,1-2H3. The van der Waals surface area contributed by atoms with Crippen molar-refractivity contribution in [1.82, 2.24) is 4.98 Å². The molecule has 26 heavy (non-hydrogen) atoms. The van der Waals surface area contributed by atoms with Crippen molar-refractivity contribution in [2.45, 2.75) is 12.8 Å². The van der Waals surface area contributed by atoms with Crippen LogP contribution in [0.1, 0.15) is 33.6 Å². The monoisotopic (exact) mass is 354 g/mol. The number of hydrogen-bond donors (Lipinski definition) is 0. The second-order valence-corrected chi connectivity index (χ2v) is 6.24. The van der Waals surface area contributed by atoms with E-state index in [0.29, 0.717) is 29.2 Å². The number of benzene rings is 1. The molecule has 0 amide bonds. The average Bonchev–Trinajstić information content (AvgIpc) is 2.72. The molecule has 1 aromatic carbocycles. The first kappa shape index (κ1) is 17.9. The van der Waals surface area contributed by atoms with Crippen molar-refractivity contribution in [3.05, 3.63) is 53.7 Å². The molecule has 0 saturated carbocycles. The number of piperidine rings is 1. The molecule has 2 aromatic rings. The van der Waals surface area contributed by atoms with E-state index in [4.69, 9.17) is 9.47 Å². The van der Waals surface area contributed by atoms with E-state index < -0.39 is 5.97 Å². The van der Waals surface area contributed by atoms with Crippen molar-refractivity contribution in [2.24, 2.45) is 5.92 Å². The molecule has 1 fully saturated rings. The summed E-state index contributed by atoms with van der Waals surface area (Å²) in [6.07, 6.45) is 3.30. The Morgan fingerprint density at radius 1 is 1.19 bits per heavy atom. The van der Waals surface area contributed by atoms with Gasteiger partial charge in [0.15, 0.2) is 5.78 Å². The number of rotatable bonds is 5. The van der Waals surface area contributed by atoms with Crippen molar-refractivity contribution in [1.29, 1.82) is 0 Å². The summed E-state index contributed by atoms with van der Waals surface area (Å²) in [5, 5.41) is 0. The topological polar surface area (TPSA) is 68.7 Å². The molecule has 0 bridgehead atoms. The second-order valence-electron chi connectivity index (χ2n) is 6.24. The van der Waals surface area contributed by atoms with Gasteiger partial charge in [0.2, 0.25) is 0 Å². The summed E-state index contributed by atoms with van der Waals surface area (Å²) < 4.78 is 10.1. The van der Waals surface area contributed by atoms with Gasteiger partial charge in [-0.15, -0.1) is 0 Å². The van der Waals surface area contributed by atoms with Crippen LogP contribution in [0.2, 0.25) is 0 Å². The van der Waals surface area contributed by atoms with Crippen LogP contribution in [0.25, 0.3) is 0 Å². The summed E-state index contributed by atoms with van der Waals surface area (Å²) in [5.41, 5.74) is 1.06. The Hall–Kier alpha value is -2.89. The van der Waals surface area contributed by atoms with Gasteiger partial charge >= 0.3 is 5.97 Å². The molecular weight excluding hydrogens is 332 g/mol. The van der Waals surface area contributed by atoms with Gasteiger partial charge in [0.25, 0.3) is 0 Å². The lowest BCUT2D eigenvalue weighted by atomic mass is 9.89. The van der Waals surface area contributed by atoms with E-state index in [-0.39, 0.29) is 11.7 Å². The first-order valence-corrected chi connectivity index (χ1v) is 8.60. The number of ether oxygens (including phenoxy) is 2. The summed E-state index contributed by atoms with van der Waals surface area (Å²) in [7, 11) is 2.92. The molecule has 1 atom stereocenters. The predicted octanol–water partition coefficient (Wildman–Crippen LogP) is 2.98. The van der Waals surface area contributed by atoms with Gasteiger partial charge in [-0.1, -0.05) is 12.1 Å². The fraction of sp³-hybridized carbons (Fsp3) is 0.350. The molecule has 1 aliphatic rings. The fourth-order valence-corrected chi connectivity index (χ4v) is 3.30. The van der Waals surface area contributed by atoms with E-state index in [9.17, 15) is 9.59 Å². The Labute approximate surface area is 152 Å². The number of para-hydroxylation sites is 1. The molecule has 0 radical (unpaired) electrons. The summed E-state index contributed by atoms with van der Waals surface area (Å²) in [4.78, 5) is 31.1. The summed E-state index contributed by atoms with van der Waals surface area (Å²) in [5.74, 6) is 0.832. The Kier molecular flexibility index (Phi) is 5.51. The molecule has 6 nitrogen and oxygen atoms in total. The number of esters is 1. The Balaban J connectivity index is 1.79. The molecular formula is C20H22N2O4. The molecule has 136 valence electrons. The Morgan fingerprint density at radius 3 is 2.77 bits per heavy atom. The number of aromatic nitrogens is 1. The third-order valence-electron chi connectivity index (χ3n) is 4.66. The van der Waals surface area contributed by atoms with E-state index in [2.05, 4.69) is 4.98 Å². The minimum absolute atomic E-state index is 0.0799. The van der Waals surface area contributed by atoms with Gasteiger partial charge in [-0.2, -0.15) is 0 Å². The first-order valence-electron chi connectivity index (χ1n) is 8.60. The molecule has 1 unspecified atom stereocenters. The normalized spacial score (nSPS) is 16.8. The van der Waals surface area contributed by atoms with Gasteiger partial charge in [-0.05, 0) is 37.1 Å². The maximum absolute atomic E-state index is 13.0. The fourth-order valence-electron chi connectivity index (χ4n) is 3.30. The molecule has 0 aliphatic carbocycles. The van der Waals surface area contributed by atoms with E-state index in [1.807, 2.05) is 17.0 Å². The maximum atomic E-state index is 13.0. The lowest BCUT2D eigenvalue weighted by molar-refractivity contribution is 0.0600. The Bertz CT molecular complexity index is 806. The van der Waals surface area contributed by atoms with Crippen molar-refractivity contribution in [3.8, 4) is 5.75 Å². The first-order chi connectivity index (χ1) is 12.6. The van der Waals surface area contributed by atoms with Crippen molar-refractivity contribution >= 4 is 17.6 Å². The lowest BCUT2D eigenvalue weighted by Crippen LogP contribution is -2.39. The van der Waals surface area contributed by atoms with E-state index in [1.54, 1.807) is 37.6 Å². The number of carbonyl (C=O) groups is 2. The van der Waals surface area contributed by atoms with Crippen LogP contribution in [0, 0.1) is 5.92 Å². The minimum atomic E-state index is -0.396. The van der Waals surface area contributed by atoms with Crippen LogP contribution < -0.4 is 9.64 Å². The van der Waals surface area contributed by atoms with Gasteiger partial charge in [0, 0.05) is 25.2 Å². The molecule has 6 heteroatoms. The van der Waals surface area contributed by atoms with E-state index >= 15 is 0 Å². The summed E-state index contributed by atoms with van der Waals surface area (Å²) in [6.45, 7) is 1.36. The second kappa shape index (κ2) is 7.99. The average molecular weight is 354 g/mol. The quantitative estimate of drug-likeness (QED) is 0.607. The third kappa shape index (κ3) is 3.69. The highest BCUT2D eigenvalue weighted by Gasteiger charge is 2.29. The summed E-state index contributed by atoms with van der Waals surface area (Å²) in [6, 6.07) is 10.6. The molecule has 1 aliphatic heterocycles.